The van der Waals surface area contributed by atoms with Crippen LogP contribution in [0.4, 0.5) is 0 Å². The standard InChI is InChI=1S/C12H11BrN2O2/c1-17-10-4-2-3-8(5-10)11-6-9(7-13)12(16)15-14-11/h2-6H,7H2,1H3,(H,15,16). The van der Waals surface area contributed by atoms with Crippen LogP contribution in [0.25, 0.3) is 11.3 Å². The molecule has 0 radical (unpaired) electrons. The number of nitrogens with zero attached hydrogens (tertiary/aromatic N) is 1. The van der Waals surface area contributed by atoms with Crippen molar-refractivity contribution in [2.24, 2.45) is 0 Å². The molecule has 5 heteroatoms. The minimum atomic E-state index is -0.173. The van der Waals surface area contributed by atoms with Crippen LogP contribution < -0.4 is 10.3 Å². The van der Waals surface area contributed by atoms with E-state index in [-0.39, 0.29) is 5.56 Å². The summed E-state index contributed by atoms with van der Waals surface area (Å²) in [5.74, 6) is 0.760. The number of aromatic nitrogens is 2. The molecule has 4 nitrogen and oxygen atoms in total. The fraction of sp³-hybridized carbons (Fsp3) is 0.167. The molecule has 2 aromatic rings. The maximum absolute atomic E-state index is 11.4. The van der Waals surface area contributed by atoms with Crippen LogP contribution in [-0.4, -0.2) is 17.3 Å². The van der Waals surface area contributed by atoms with E-state index in [0.717, 1.165) is 17.0 Å². The van der Waals surface area contributed by atoms with Crippen LogP contribution in [-0.2, 0) is 5.33 Å². The largest absolute Gasteiger partial charge is 0.497 e. The van der Waals surface area contributed by atoms with Crippen molar-refractivity contribution in [1.29, 1.82) is 0 Å². The Balaban J connectivity index is 2.48. The van der Waals surface area contributed by atoms with Crippen LogP contribution in [0, 0.1) is 0 Å². The number of hydrogen-bond acceptors (Lipinski definition) is 3. The van der Waals surface area contributed by atoms with Gasteiger partial charge < -0.3 is 4.74 Å². The second-order valence-corrected chi connectivity index (χ2v) is 4.03. The summed E-state index contributed by atoms with van der Waals surface area (Å²) in [6.45, 7) is 0. The number of alkyl halides is 1. The number of halogens is 1. The predicted octanol–water partition coefficient (Wildman–Crippen LogP) is 2.34. The summed E-state index contributed by atoms with van der Waals surface area (Å²) in [7, 11) is 1.61. The lowest BCUT2D eigenvalue weighted by Crippen LogP contribution is -2.13. The number of nitrogens with one attached hydrogen (secondary N) is 1. The van der Waals surface area contributed by atoms with Gasteiger partial charge in [0.1, 0.15) is 5.75 Å². The molecular formula is C12H11BrN2O2. The Morgan fingerprint density at radius 2 is 2.24 bits per heavy atom. The maximum Gasteiger partial charge on any atom is 0.268 e. The molecule has 1 N–H and O–H groups in total. The summed E-state index contributed by atoms with van der Waals surface area (Å²) in [5.41, 5.74) is 2.10. The molecule has 2 rings (SSSR count). The lowest BCUT2D eigenvalue weighted by atomic mass is 10.1. The van der Waals surface area contributed by atoms with Crippen molar-refractivity contribution in [2.45, 2.75) is 5.33 Å². The third kappa shape index (κ3) is 2.55. The average Bonchev–Trinajstić information content (AvgIpc) is 2.39. The first kappa shape index (κ1) is 11.9. The van der Waals surface area contributed by atoms with E-state index in [1.807, 2.05) is 24.3 Å². The summed E-state index contributed by atoms with van der Waals surface area (Å²) in [6.07, 6.45) is 0. The van der Waals surface area contributed by atoms with Gasteiger partial charge in [0.15, 0.2) is 0 Å². The van der Waals surface area contributed by atoms with Gasteiger partial charge in [-0.05, 0) is 18.2 Å². The van der Waals surface area contributed by atoms with Crippen molar-refractivity contribution in [2.75, 3.05) is 7.11 Å². The average molecular weight is 295 g/mol. The molecule has 0 saturated carbocycles. The number of rotatable bonds is 3. The second-order valence-electron chi connectivity index (χ2n) is 3.47. The third-order valence-electron chi connectivity index (χ3n) is 2.39. The van der Waals surface area contributed by atoms with E-state index < -0.39 is 0 Å². The highest BCUT2D eigenvalue weighted by atomic mass is 79.9. The van der Waals surface area contributed by atoms with E-state index in [4.69, 9.17) is 4.74 Å². The zero-order chi connectivity index (χ0) is 12.3. The topological polar surface area (TPSA) is 55.0 Å². The van der Waals surface area contributed by atoms with E-state index in [1.54, 1.807) is 13.2 Å². The van der Waals surface area contributed by atoms with Gasteiger partial charge in [-0.15, -0.1) is 0 Å². The van der Waals surface area contributed by atoms with E-state index in [9.17, 15) is 4.79 Å². The lowest BCUT2D eigenvalue weighted by Gasteiger charge is -2.04. The highest BCUT2D eigenvalue weighted by molar-refractivity contribution is 9.08. The minimum Gasteiger partial charge on any atom is -0.497 e. The Morgan fingerprint density at radius 1 is 1.41 bits per heavy atom. The van der Waals surface area contributed by atoms with Crippen molar-refractivity contribution in [3.63, 3.8) is 0 Å². The van der Waals surface area contributed by atoms with Crippen LogP contribution in [0.1, 0.15) is 5.56 Å². The van der Waals surface area contributed by atoms with Gasteiger partial charge in [0.25, 0.3) is 5.56 Å². The van der Waals surface area contributed by atoms with Crippen molar-refractivity contribution >= 4 is 15.9 Å². The molecule has 1 heterocycles. The van der Waals surface area contributed by atoms with E-state index in [0.29, 0.717) is 10.9 Å². The zero-order valence-corrected chi connectivity index (χ0v) is 10.8. The van der Waals surface area contributed by atoms with Crippen LogP contribution in [0.2, 0.25) is 0 Å². The van der Waals surface area contributed by atoms with Crippen LogP contribution >= 0.6 is 15.9 Å². The Kier molecular flexibility index (Phi) is 3.58. The van der Waals surface area contributed by atoms with Gasteiger partial charge in [0, 0.05) is 16.5 Å². The smallest absolute Gasteiger partial charge is 0.268 e. The van der Waals surface area contributed by atoms with Gasteiger partial charge in [0.2, 0.25) is 0 Å². The minimum absolute atomic E-state index is 0.173. The number of aromatic amines is 1. The van der Waals surface area contributed by atoms with Crippen LogP contribution in [0.5, 0.6) is 5.75 Å². The van der Waals surface area contributed by atoms with Gasteiger partial charge in [-0.3, -0.25) is 4.79 Å². The molecule has 1 aromatic carbocycles. The third-order valence-corrected chi connectivity index (χ3v) is 2.99. The molecule has 88 valence electrons. The SMILES string of the molecule is COc1cccc(-c2cc(CBr)c(=O)[nH]n2)c1. The molecular weight excluding hydrogens is 284 g/mol. The number of H-pyrrole nitrogens is 1. The Bertz CT molecular complexity index is 581. The van der Waals surface area contributed by atoms with Gasteiger partial charge in [-0.2, -0.15) is 5.10 Å². The van der Waals surface area contributed by atoms with E-state index >= 15 is 0 Å². The van der Waals surface area contributed by atoms with E-state index in [2.05, 4.69) is 26.1 Å². The lowest BCUT2D eigenvalue weighted by molar-refractivity contribution is 0.415. The fourth-order valence-electron chi connectivity index (χ4n) is 1.48. The Labute approximate surface area is 107 Å². The highest BCUT2D eigenvalue weighted by Crippen LogP contribution is 2.21. The normalized spacial score (nSPS) is 10.2. The van der Waals surface area contributed by atoms with Crippen molar-refractivity contribution in [3.05, 3.63) is 46.2 Å². The van der Waals surface area contributed by atoms with Crippen molar-refractivity contribution in [3.8, 4) is 17.0 Å². The molecule has 0 spiro atoms. The predicted molar refractivity (Wildman–Crippen MR) is 69.5 cm³/mol. The molecule has 0 aliphatic carbocycles. The van der Waals surface area contributed by atoms with Gasteiger partial charge in [0.05, 0.1) is 12.8 Å². The summed E-state index contributed by atoms with van der Waals surface area (Å²) in [5, 5.41) is 7.00. The molecule has 0 amide bonds. The molecule has 0 fully saturated rings. The zero-order valence-electron chi connectivity index (χ0n) is 9.24. The molecule has 0 aliphatic heterocycles. The molecule has 17 heavy (non-hydrogen) atoms. The van der Waals surface area contributed by atoms with Gasteiger partial charge >= 0.3 is 0 Å². The summed E-state index contributed by atoms with van der Waals surface area (Å²) in [4.78, 5) is 11.4. The number of ether oxygens (including phenoxy) is 1. The summed E-state index contributed by atoms with van der Waals surface area (Å²) < 4.78 is 5.15. The van der Waals surface area contributed by atoms with Gasteiger partial charge in [-0.25, -0.2) is 5.10 Å². The second kappa shape index (κ2) is 5.14. The molecule has 1 aromatic heterocycles. The fourth-order valence-corrected chi connectivity index (χ4v) is 1.89. The summed E-state index contributed by atoms with van der Waals surface area (Å²) >= 11 is 3.27. The van der Waals surface area contributed by atoms with Crippen LogP contribution in [0.3, 0.4) is 0 Å². The molecule has 0 saturated heterocycles. The quantitative estimate of drug-likeness (QED) is 0.884. The number of benzene rings is 1. The summed E-state index contributed by atoms with van der Waals surface area (Å²) in [6, 6.07) is 9.30. The van der Waals surface area contributed by atoms with Crippen molar-refractivity contribution < 1.29 is 4.74 Å². The monoisotopic (exact) mass is 294 g/mol. The molecule has 0 unspecified atom stereocenters. The Morgan fingerprint density at radius 3 is 2.94 bits per heavy atom. The first-order valence-corrected chi connectivity index (χ1v) is 6.15. The van der Waals surface area contributed by atoms with Gasteiger partial charge in [-0.1, -0.05) is 28.1 Å². The first-order valence-electron chi connectivity index (χ1n) is 5.03. The molecule has 0 bridgehead atoms. The number of hydrogen-bond donors (Lipinski definition) is 1. The first-order chi connectivity index (χ1) is 8.24. The highest BCUT2D eigenvalue weighted by Gasteiger charge is 2.05. The van der Waals surface area contributed by atoms with E-state index in [1.165, 1.54) is 0 Å². The number of methoxy groups -OCH3 is 1. The van der Waals surface area contributed by atoms with Crippen molar-refractivity contribution in [1.82, 2.24) is 10.2 Å². The van der Waals surface area contributed by atoms with Crippen LogP contribution in [0.15, 0.2) is 35.1 Å². The maximum atomic E-state index is 11.4. The molecule has 0 aliphatic rings. The Hall–Kier alpha value is -1.62. The molecule has 0 atom stereocenters.